The molecule has 5 rings (SSSR count). The molecule has 12 nitrogen and oxygen atoms in total. The van der Waals surface area contributed by atoms with Gasteiger partial charge in [0.25, 0.3) is 0 Å². The van der Waals surface area contributed by atoms with Crippen LogP contribution in [-0.2, 0) is 14.2 Å². The molecule has 2 atom stereocenters. The third-order valence-electron chi connectivity index (χ3n) is 6.25. The van der Waals surface area contributed by atoms with Crippen LogP contribution in [0.1, 0.15) is 12.8 Å². The van der Waals surface area contributed by atoms with Gasteiger partial charge in [0.05, 0.1) is 25.4 Å². The lowest BCUT2D eigenvalue weighted by Crippen LogP contribution is -2.43. The van der Waals surface area contributed by atoms with E-state index in [1.54, 1.807) is 50.9 Å². The minimum absolute atomic E-state index is 0.178. The summed E-state index contributed by atoms with van der Waals surface area (Å²) < 4.78 is 22.6. The molecule has 0 aliphatic carbocycles. The molecule has 2 aliphatic rings. The second-order valence-electron chi connectivity index (χ2n) is 9.15. The number of nitrogens with one attached hydrogen (secondary N) is 2. The Morgan fingerprint density at radius 2 is 1.58 bits per heavy atom. The molecule has 2 bridgehead atoms. The summed E-state index contributed by atoms with van der Waals surface area (Å²) in [7, 11) is 3.21. The third kappa shape index (κ3) is 6.52. The zero-order valence-corrected chi connectivity index (χ0v) is 21.4. The van der Waals surface area contributed by atoms with Crippen LogP contribution >= 0.6 is 0 Å². The Morgan fingerprint density at radius 3 is 2.21 bits per heavy atom. The number of nitrogens with zero attached hydrogens (tertiary/aromatic N) is 5. The van der Waals surface area contributed by atoms with E-state index >= 15 is 0 Å². The van der Waals surface area contributed by atoms with E-state index in [-0.39, 0.29) is 30.4 Å². The van der Waals surface area contributed by atoms with E-state index in [0.717, 1.165) is 18.4 Å². The van der Waals surface area contributed by atoms with E-state index in [4.69, 9.17) is 23.9 Å². The van der Waals surface area contributed by atoms with Gasteiger partial charge in [-0.1, -0.05) is 0 Å². The van der Waals surface area contributed by atoms with Gasteiger partial charge in [-0.3, -0.25) is 4.98 Å². The molecule has 3 aromatic rings. The van der Waals surface area contributed by atoms with E-state index < -0.39 is 0 Å². The van der Waals surface area contributed by atoms with Gasteiger partial charge in [-0.25, -0.2) is 4.79 Å². The average Bonchev–Trinajstić information content (AvgIpc) is 3.26. The highest BCUT2D eigenvalue weighted by atomic mass is 16.6. The average molecular weight is 522 g/mol. The van der Waals surface area contributed by atoms with Crippen LogP contribution in [0.15, 0.2) is 48.8 Å². The lowest BCUT2D eigenvalue weighted by molar-refractivity contribution is 0.0190. The number of methoxy groups -OCH3 is 2. The first-order chi connectivity index (χ1) is 18.6. The largest absolute Gasteiger partial charge is 0.455 e. The van der Waals surface area contributed by atoms with E-state index in [0.29, 0.717) is 49.5 Å². The highest BCUT2D eigenvalue weighted by Crippen LogP contribution is 2.30. The summed E-state index contributed by atoms with van der Waals surface area (Å²) in [4.78, 5) is 32.4. The van der Waals surface area contributed by atoms with Crippen LogP contribution in [0.3, 0.4) is 0 Å². The molecule has 38 heavy (non-hydrogen) atoms. The zero-order valence-electron chi connectivity index (χ0n) is 21.4. The number of anilines is 3. The molecule has 2 aliphatic heterocycles. The highest BCUT2D eigenvalue weighted by molar-refractivity contribution is 5.99. The number of amides is 2. The minimum atomic E-state index is -0.376. The number of urea groups is 1. The number of carbonyl (C=O) groups is 1. The summed E-state index contributed by atoms with van der Waals surface area (Å²) in [5.41, 5.74) is 2.03. The Kier molecular flexibility index (Phi) is 8.22. The van der Waals surface area contributed by atoms with Crippen molar-refractivity contribution in [1.29, 1.82) is 0 Å². The van der Waals surface area contributed by atoms with Crippen LogP contribution in [0, 0.1) is 0 Å². The molecule has 0 radical (unpaired) electrons. The van der Waals surface area contributed by atoms with Gasteiger partial charge in [-0.15, -0.1) is 0 Å². The fourth-order valence-corrected chi connectivity index (χ4v) is 4.52. The number of benzene rings is 1. The van der Waals surface area contributed by atoms with Gasteiger partial charge < -0.3 is 34.5 Å². The van der Waals surface area contributed by atoms with Gasteiger partial charge in [-0.05, 0) is 49.2 Å². The van der Waals surface area contributed by atoms with Crippen molar-refractivity contribution in [3.8, 4) is 17.4 Å². The van der Waals surface area contributed by atoms with Gasteiger partial charge in [-0.2, -0.15) is 15.0 Å². The summed E-state index contributed by atoms with van der Waals surface area (Å²) in [5.74, 6) is 1.00. The lowest BCUT2D eigenvalue weighted by atomic mass is 10.2. The van der Waals surface area contributed by atoms with Crippen LogP contribution < -0.4 is 20.3 Å². The Labute approximate surface area is 220 Å². The second kappa shape index (κ2) is 12.1. The maximum atomic E-state index is 12.3. The number of hydrogen-bond donors (Lipinski definition) is 2. The van der Waals surface area contributed by atoms with Gasteiger partial charge in [0, 0.05) is 56.6 Å². The maximum Gasteiger partial charge on any atom is 0.323 e. The Hall–Kier alpha value is -3.87. The smallest absolute Gasteiger partial charge is 0.323 e. The SMILES string of the molecule is COCC(COC)Oc1nc(-c2ccc(NC(=O)Nc3ccncc3)cc2)nc(N2CC3CCC(C2)O3)n1. The number of morpholine rings is 1. The predicted molar refractivity (Wildman–Crippen MR) is 140 cm³/mol. The number of hydrogen-bond acceptors (Lipinski definition) is 10. The van der Waals surface area contributed by atoms with Crippen molar-refractivity contribution in [1.82, 2.24) is 19.9 Å². The molecule has 2 unspecified atom stereocenters. The first kappa shape index (κ1) is 25.8. The van der Waals surface area contributed by atoms with E-state index in [9.17, 15) is 4.79 Å². The van der Waals surface area contributed by atoms with Crippen LogP contribution in [0.2, 0.25) is 0 Å². The fraction of sp³-hybridized carbons (Fsp3) is 0.423. The number of ether oxygens (including phenoxy) is 4. The van der Waals surface area contributed by atoms with Gasteiger partial charge in [0.2, 0.25) is 5.95 Å². The van der Waals surface area contributed by atoms with Crippen LogP contribution in [0.25, 0.3) is 11.4 Å². The van der Waals surface area contributed by atoms with Crippen molar-refractivity contribution < 1.29 is 23.7 Å². The standard InChI is InChI=1S/C26H31N7O5/c1-35-15-22(16-36-2)38-26-31-23(30-24(32-26)33-13-20-7-8-21(14-33)37-20)17-3-5-18(6-4-17)28-25(34)29-19-9-11-27-12-10-19/h3-6,9-12,20-22H,7-8,13-16H2,1-2H3,(H2,27,28,29,34). The predicted octanol–water partition coefficient (Wildman–Crippen LogP) is 2.99. The van der Waals surface area contributed by atoms with Crippen molar-refractivity contribution in [2.24, 2.45) is 0 Å². The first-order valence-electron chi connectivity index (χ1n) is 12.5. The summed E-state index contributed by atoms with van der Waals surface area (Å²) in [5, 5.41) is 5.58. The van der Waals surface area contributed by atoms with Crippen molar-refractivity contribution in [3.63, 3.8) is 0 Å². The van der Waals surface area contributed by atoms with Crippen molar-refractivity contribution in [3.05, 3.63) is 48.8 Å². The molecule has 0 spiro atoms. The quantitative estimate of drug-likeness (QED) is 0.410. The van der Waals surface area contributed by atoms with Gasteiger partial charge in [0.15, 0.2) is 5.82 Å². The second-order valence-corrected chi connectivity index (χ2v) is 9.15. The van der Waals surface area contributed by atoms with Crippen LogP contribution in [-0.4, -0.2) is 84.8 Å². The molecule has 4 heterocycles. The zero-order chi connectivity index (χ0) is 26.3. The van der Waals surface area contributed by atoms with Gasteiger partial charge >= 0.3 is 12.0 Å². The van der Waals surface area contributed by atoms with Gasteiger partial charge in [0.1, 0.15) is 6.10 Å². The summed E-state index contributed by atoms with van der Waals surface area (Å²) in [6.45, 7) is 2.09. The monoisotopic (exact) mass is 521 g/mol. The van der Waals surface area contributed by atoms with E-state index in [2.05, 4.69) is 30.5 Å². The fourth-order valence-electron chi connectivity index (χ4n) is 4.52. The number of fused-ring (bicyclic) bond motifs is 2. The van der Waals surface area contributed by atoms with Crippen LogP contribution in [0.5, 0.6) is 6.01 Å². The number of pyridine rings is 1. The summed E-state index contributed by atoms with van der Waals surface area (Å²) in [6, 6.07) is 10.5. The molecule has 2 N–H and O–H groups in total. The summed E-state index contributed by atoms with van der Waals surface area (Å²) in [6.07, 6.45) is 5.28. The molecule has 0 saturated carbocycles. The summed E-state index contributed by atoms with van der Waals surface area (Å²) >= 11 is 0. The van der Waals surface area contributed by atoms with Crippen LogP contribution in [0.4, 0.5) is 22.1 Å². The lowest BCUT2D eigenvalue weighted by Gasteiger charge is -2.32. The topological polar surface area (TPSA) is 133 Å². The molecular formula is C26H31N7O5. The Morgan fingerprint density at radius 1 is 0.947 bits per heavy atom. The molecular weight excluding hydrogens is 490 g/mol. The van der Waals surface area contributed by atoms with Crippen molar-refractivity contribution >= 4 is 23.4 Å². The molecule has 12 heteroatoms. The van der Waals surface area contributed by atoms with Crippen molar-refractivity contribution in [2.45, 2.75) is 31.2 Å². The normalized spacial score (nSPS) is 18.4. The highest BCUT2D eigenvalue weighted by Gasteiger charge is 2.35. The third-order valence-corrected chi connectivity index (χ3v) is 6.25. The minimum Gasteiger partial charge on any atom is -0.455 e. The molecule has 2 amide bonds. The number of aromatic nitrogens is 4. The molecule has 2 fully saturated rings. The number of carbonyl (C=O) groups excluding carboxylic acids is 1. The Balaban J connectivity index is 1.36. The van der Waals surface area contributed by atoms with Crippen molar-refractivity contribution in [2.75, 3.05) is 56.1 Å². The number of rotatable bonds is 10. The Bertz CT molecular complexity index is 1200. The maximum absolute atomic E-state index is 12.3. The first-order valence-corrected chi connectivity index (χ1v) is 12.5. The molecule has 1 aromatic carbocycles. The molecule has 200 valence electrons. The molecule has 2 saturated heterocycles. The van der Waals surface area contributed by atoms with E-state index in [1.165, 1.54) is 0 Å². The molecule has 2 aromatic heterocycles. The van der Waals surface area contributed by atoms with E-state index in [1.807, 2.05) is 12.1 Å².